The maximum absolute atomic E-state index is 9.99. The number of nitrogens with zero attached hydrogens (tertiary/aromatic N) is 1. The molecule has 7 N–H and O–H groups in total. The highest BCUT2D eigenvalue weighted by molar-refractivity contribution is 5.69. The molecule has 0 heterocycles. The molecule has 1 aromatic rings. The topological polar surface area (TPSA) is 102 Å². The van der Waals surface area contributed by atoms with Crippen molar-refractivity contribution in [2.24, 2.45) is 29.0 Å². The summed E-state index contributed by atoms with van der Waals surface area (Å²) in [4.78, 5) is 2.18. The molecule has 0 bridgehead atoms. The van der Waals surface area contributed by atoms with Gasteiger partial charge in [-0.25, -0.2) is 0 Å². The highest BCUT2D eigenvalue weighted by atomic mass is 16.3. The van der Waals surface area contributed by atoms with Crippen molar-refractivity contribution in [3.8, 4) is 5.75 Å². The zero-order chi connectivity index (χ0) is 18.3. The minimum Gasteiger partial charge on any atom is -0.507 e. The molecule has 0 aliphatic heterocycles. The van der Waals surface area contributed by atoms with Crippen LogP contribution in [0.25, 0.3) is 5.70 Å². The fraction of sp³-hybridized carbons (Fsp3) is 0.474. The van der Waals surface area contributed by atoms with Gasteiger partial charge in [-0.3, -0.25) is 0 Å². The van der Waals surface area contributed by atoms with Gasteiger partial charge in [0.25, 0.3) is 0 Å². The number of nitrogens with two attached hydrogens (primary N) is 3. The molecule has 1 aromatic carbocycles. The van der Waals surface area contributed by atoms with Gasteiger partial charge in [0, 0.05) is 24.4 Å². The second-order valence-electron chi connectivity index (χ2n) is 6.77. The van der Waals surface area contributed by atoms with Gasteiger partial charge in [0.1, 0.15) is 11.6 Å². The second-order valence-corrected chi connectivity index (χ2v) is 6.77. The van der Waals surface area contributed by atoms with E-state index in [0.29, 0.717) is 28.8 Å². The van der Waals surface area contributed by atoms with Crippen molar-refractivity contribution in [2.75, 3.05) is 13.1 Å². The van der Waals surface area contributed by atoms with Gasteiger partial charge in [0.15, 0.2) is 0 Å². The van der Waals surface area contributed by atoms with Crippen LogP contribution < -0.4 is 17.2 Å². The molecule has 0 spiro atoms. The summed E-state index contributed by atoms with van der Waals surface area (Å²) in [5.41, 5.74) is 19.8. The van der Waals surface area contributed by atoms with Crippen molar-refractivity contribution in [2.45, 2.75) is 34.1 Å². The molecule has 0 saturated carbocycles. The van der Waals surface area contributed by atoms with Crippen LogP contribution in [-0.4, -0.2) is 23.1 Å². The molecule has 0 saturated heterocycles. The first-order valence-electron chi connectivity index (χ1n) is 8.51. The molecule has 0 aliphatic rings. The van der Waals surface area contributed by atoms with Crippen LogP contribution in [-0.2, 0) is 0 Å². The summed E-state index contributed by atoms with van der Waals surface area (Å²) in [6.45, 7) is 10.4. The molecule has 134 valence electrons. The smallest absolute Gasteiger partial charge is 0.124 e. The van der Waals surface area contributed by atoms with Crippen LogP contribution in [0.2, 0.25) is 0 Å². The monoisotopic (exact) mass is 332 g/mol. The van der Waals surface area contributed by atoms with Gasteiger partial charge in [0.2, 0.25) is 0 Å². The Labute approximate surface area is 145 Å². The molecule has 0 amide bonds. The van der Waals surface area contributed by atoms with Crippen LogP contribution in [0, 0.1) is 11.8 Å². The Balaban J connectivity index is 3.21. The summed E-state index contributed by atoms with van der Waals surface area (Å²) >= 11 is 0. The van der Waals surface area contributed by atoms with Crippen LogP contribution >= 0.6 is 0 Å². The average Bonchev–Trinajstić information content (AvgIpc) is 2.51. The number of benzene rings is 1. The lowest BCUT2D eigenvalue weighted by molar-refractivity contribution is 0.267. The Kier molecular flexibility index (Phi) is 7.49. The molecule has 1 atom stereocenters. The third kappa shape index (κ3) is 5.72. The van der Waals surface area contributed by atoms with Crippen LogP contribution in [0.1, 0.15) is 39.7 Å². The van der Waals surface area contributed by atoms with E-state index in [-0.39, 0.29) is 11.6 Å². The van der Waals surface area contributed by atoms with E-state index >= 15 is 0 Å². The SMILES string of the molecule is CC[C@@H](C)CN(CC(C)C)C(/C=C(\N)c1ccccc1O)=C(N)N. The molecular formula is C19H32N4O. The van der Waals surface area contributed by atoms with Gasteiger partial charge in [-0.2, -0.15) is 0 Å². The van der Waals surface area contributed by atoms with Crippen molar-refractivity contribution < 1.29 is 5.11 Å². The molecule has 0 fully saturated rings. The lowest BCUT2D eigenvalue weighted by atomic mass is 10.1. The Morgan fingerprint density at radius 3 is 2.25 bits per heavy atom. The molecule has 24 heavy (non-hydrogen) atoms. The summed E-state index contributed by atoms with van der Waals surface area (Å²) in [5, 5.41) is 9.99. The van der Waals surface area contributed by atoms with Crippen molar-refractivity contribution in [1.29, 1.82) is 0 Å². The Morgan fingerprint density at radius 2 is 1.75 bits per heavy atom. The van der Waals surface area contributed by atoms with Crippen molar-refractivity contribution >= 4 is 5.70 Å². The molecule has 5 nitrogen and oxygen atoms in total. The first kappa shape index (κ1) is 19.7. The van der Waals surface area contributed by atoms with Gasteiger partial charge in [-0.1, -0.05) is 46.2 Å². The van der Waals surface area contributed by atoms with Crippen LogP contribution in [0.4, 0.5) is 0 Å². The van der Waals surface area contributed by atoms with E-state index in [1.54, 1.807) is 24.3 Å². The largest absolute Gasteiger partial charge is 0.507 e. The molecule has 0 aromatic heterocycles. The first-order chi connectivity index (χ1) is 11.3. The molecule has 0 aliphatic carbocycles. The number of phenols is 1. The number of allylic oxidation sites excluding steroid dienone is 1. The summed E-state index contributed by atoms with van der Waals surface area (Å²) in [6, 6.07) is 6.97. The highest BCUT2D eigenvalue weighted by Gasteiger charge is 2.16. The molecule has 5 heteroatoms. The minimum atomic E-state index is 0.138. The van der Waals surface area contributed by atoms with Gasteiger partial charge in [0.05, 0.1) is 5.70 Å². The number of para-hydroxylation sites is 1. The van der Waals surface area contributed by atoms with E-state index in [9.17, 15) is 5.11 Å². The van der Waals surface area contributed by atoms with Crippen LogP contribution in [0.3, 0.4) is 0 Å². The van der Waals surface area contributed by atoms with Gasteiger partial charge in [-0.05, 0) is 30.0 Å². The second kappa shape index (κ2) is 9.11. The van der Waals surface area contributed by atoms with Gasteiger partial charge >= 0.3 is 0 Å². The maximum Gasteiger partial charge on any atom is 0.124 e. The molecule has 0 radical (unpaired) electrons. The minimum absolute atomic E-state index is 0.138. The van der Waals surface area contributed by atoms with E-state index in [1.165, 1.54) is 0 Å². The predicted octanol–water partition coefficient (Wildman–Crippen LogP) is 2.78. The van der Waals surface area contributed by atoms with E-state index in [4.69, 9.17) is 17.2 Å². The van der Waals surface area contributed by atoms with Crippen molar-refractivity contribution in [3.05, 3.63) is 47.4 Å². The standard InChI is InChI=1S/C19H32N4O/c1-5-14(4)12-23(11-13(2)3)17(19(21)22)10-16(20)15-8-6-7-9-18(15)24/h6-10,13-14,24H,5,11-12,20-22H2,1-4H3/b16-10-/t14-/m1/s1. The summed E-state index contributed by atoms with van der Waals surface area (Å²) in [6.07, 6.45) is 2.83. The first-order valence-corrected chi connectivity index (χ1v) is 8.51. The molecule has 0 unspecified atom stereocenters. The zero-order valence-corrected chi connectivity index (χ0v) is 15.3. The molecular weight excluding hydrogens is 300 g/mol. The quantitative estimate of drug-likeness (QED) is 0.548. The number of hydrogen-bond donors (Lipinski definition) is 4. The predicted molar refractivity (Wildman–Crippen MR) is 102 cm³/mol. The fourth-order valence-corrected chi connectivity index (χ4v) is 2.52. The summed E-state index contributed by atoms with van der Waals surface area (Å²) in [5.74, 6) is 1.34. The third-order valence-electron chi connectivity index (χ3n) is 3.96. The lowest BCUT2D eigenvalue weighted by Gasteiger charge is -2.31. The third-order valence-corrected chi connectivity index (χ3v) is 3.96. The Bertz CT molecular complexity index is 589. The molecule has 1 rings (SSSR count). The Hall–Kier alpha value is -2.30. The maximum atomic E-state index is 9.99. The van der Waals surface area contributed by atoms with Crippen LogP contribution in [0.15, 0.2) is 41.9 Å². The summed E-state index contributed by atoms with van der Waals surface area (Å²) in [7, 11) is 0. The van der Waals surface area contributed by atoms with E-state index in [0.717, 1.165) is 19.5 Å². The zero-order valence-electron chi connectivity index (χ0n) is 15.3. The van der Waals surface area contributed by atoms with Gasteiger partial charge in [-0.15, -0.1) is 0 Å². The fourth-order valence-electron chi connectivity index (χ4n) is 2.52. The van der Waals surface area contributed by atoms with Gasteiger partial charge < -0.3 is 27.2 Å². The highest BCUT2D eigenvalue weighted by Crippen LogP contribution is 2.24. The normalized spacial score (nSPS) is 13.0. The number of rotatable bonds is 8. The van der Waals surface area contributed by atoms with Crippen molar-refractivity contribution in [3.63, 3.8) is 0 Å². The summed E-state index contributed by atoms with van der Waals surface area (Å²) < 4.78 is 0. The van der Waals surface area contributed by atoms with Crippen LogP contribution in [0.5, 0.6) is 5.75 Å². The number of phenolic OH excluding ortho intramolecular Hbond substituents is 1. The van der Waals surface area contributed by atoms with Crippen molar-refractivity contribution in [1.82, 2.24) is 4.90 Å². The van der Waals surface area contributed by atoms with E-state index in [1.807, 2.05) is 6.07 Å². The van der Waals surface area contributed by atoms with E-state index < -0.39 is 0 Å². The average molecular weight is 332 g/mol. The number of hydrogen-bond acceptors (Lipinski definition) is 5. The Morgan fingerprint density at radius 1 is 1.12 bits per heavy atom. The lowest BCUT2D eigenvalue weighted by Crippen LogP contribution is -2.34. The number of aromatic hydroxyl groups is 1. The van der Waals surface area contributed by atoms with E-state index in [2.05, 4.69) is 32.6 Å².